The van der Waals surface area contributed by atoms with Crippen LogP contribution in [-0.4, -0.2) is 28.0 Å². The highest BCUT2D eigenvalue weighted by molar-refractivity contribution is 6.02. The molecule has 0 bridgehead atoms. The Morgan fingerprint density at radius 3 is 2.47 bits per heavy atom. The highest BCUT2D eigenvalue weighted by Gasteiger charge is 2.23. The summed E-state index contributed by atoms with van der Waals surface area (Å²) in [5.41, 5.74) is 9.28. The molecule has 2 heterocycles. The number of para-hydroxylation sites is 2. The summed E-state index contributed by atoms with van der Waals surface area (Å²) in [6.07, 6.45) is 0.952. The molecule has 0 aliphatic carbocycles. The molecule has 0 unspecified atom stereocenters. The average molecular weight is 462 g/mol. The van der Waals surface area contributed by atoms with Crippen LogP contribution in [0.25, 0.3) is 0 Å². The number of rotatable bonds is 7. The number of nitrogens with zero attached hydrogens (tertiary/aromatic N) is 3. The predicted octanol–water partition coefficient (Wildman–Crippen LogP) is 2.64. The fourth-order valence-corrected chi connectivity index (χ4v) is 4.45. The minimum atomic E-state index is -0.671. The maximum Gasteiger partial charge on any atom is 0.332 e. The maximum absolute atomic E-state index is 13.1. The van der Waals surface area contributed by atoms with Gasteiger partial charge in [0.15, 0.2) is 5.78 Å². The second-order valence-electron chi connectivity index (χ2n) is 9.15. The lowest BCUT2D eigenvalue weighted by molar-refractivity contribution is 0.100. The van der Waals surface area contributed by atoms with Gasteiger partial charge >= 0.3 is 5.69 Å². The van der Waals surface area contributed by atoms with Gasteiger partial charge in [-0.15, -0.1) is 0 Å². The number of carbonyl (C=O) groups is 1. The smallest absolute Gasteiger partial charge is 0.332 e. The van der Waals surface area contributed by atoms with E-state index in [1.54, 1.807) is 0 Å². The van der Waals surface area contributed by atoms with Crippen molar-refractivity contribution in [1.82, 2.24) is 9.13 Å². The fraction of sp³-hybridized carbons (Fsp3) is 0.346. The third-order valence-electron chi connectivity index (χ3n) is 6.22. The molecule has 3 aromatic rings. The molecule has 0 saturated carbocycles. The number of aromatic nitrogens is 2. The van der Waals surface area contributed by atoms with E-state index in [2.05, 4.69) is 34.5 Å². The van der Waals surface area contributed by atoms with Gasteiger partial charge in [-0.1, -0.05) is 50.2 Å². The zero-order valence-corrected chi connectivity index (χ0v) is 19.9. The molecule has 0 fully saturated rings. The monoisotopic (exact) mass is 461 g/mol. The number of hydrogen-bond acceptors (Lipinski definition) is 6. The molecule has 0 atom stereocenters. The minimum Gasteiger partial charge on any atom is -0.384 e. The summed E-state index contributed by atoms with van der Waals surface area (Å²) in [5.74, 6) is -0.399. The highest BCUT2D eigenvalue weighted by Crippen LogP contribution is 2.30. The molecule has 1 aliphatic rings. The second-order valence-corrected chi connectivity index (χ2v) is 9.15. The van der Waals surface area contributed by atoms with Crippen LogP contribution in [-0.2, 0) is 26.6 Å². The first-order chi connectivity index (χ1) is 16.3. The number of nitrogens with two attached hydrogens (primary N) is 1. The Kier molecular flexibility index (Phi) is 6.58. The van der Waals surface area contributed by atoms with Crippen LogP contribution >= 0.6 is 0 Å². The number of carbonyl (C=O) groups excluding carboxylic acids is 1. The lowest BCUT2D eigenvalue weighted by Gasteiger charge is -2.32. The quantitative estimate of drug-likeness (QED) is 0.525. The summed E-state index contributed by atoms with van der Waals surface area (Å²) in [7, 11) is 1.37. The van der Waals surface area contributed by atoms with Crippen molar-refractivity contribution in [1.29, 1.82) is 0 Å². The van der Waals surface area contributed by atoms with Gasteiger partial charge in [0.25, 0.3) is 5.56 Å². The molecule has 0 saturated heterocycles. The Hall–Kier alpha value is -3.81. The summed E-state index contributed by atoms with van der Waals surface area (Å²) < 4.78 is 2.25. The normalized spacial score (nSPS) is 13.1. The van der Waals surface area contributed by atoms with Gasteiger partial charge in [-0.3, -0.25) is 18.7 Å². The zero-order chi connectivity index (χ0) is 24.4. The first-order valence-corrected chi connectivity index (χ1v) is 11.5. The van der Waals surface area contributed by atoms with Gasteiger partial charge in [0.1, 0.15) is 11.4 Å². The first kappa shape index (κ1) is 23.4. The average Bonchev–Trinajstić information content (AvgIpc) is 2.84. The number of nitrogen functional groups attached to an aromatic ring is 1. The summed E-state index contributed by atoms with van der Waals surface area (Å²) >= 11 is 0. The number of Topliss-reactive ketones (excluding diaryl/α,β-unsaturated/α-hetero) is 1. The number of benzene rings is 2. The van der Waals surface area contributed by atoms with Gasteiger partial charge in [-0.05, 0) is 35.6 Å². The Labute approximate surface area is 198 Å². The van der Waals surface area contributed by atoms with Crippen LogP contribution in [0.15, 0.2) is 58.1 Å². The lowest BCUT2D eigenvalue weighted by Crippen LogP contribution is -2.43. The van der Waals surface area contributed by atoms with Gasteiger partial charge in [-0.2, -0.15) is 0 Å². The van der Waals surface area contributed by atoms with Crippen molar-refractivity contribution in [3.05, 3.63) is 86.1 Å². The molecule has 8 heteroatoms. The van der Waals surface area contributed by atoms with Crippen LogP contribution < -0.4 is 27.2 Å². The van der Waals surface area contributed by atoms with E-state index < -0.39 is 17.0 Å². The molecular weight excluding hydrogens is 430 g/mol. The van der Waals surface area contributed by atoms with E-state index in [1.807, 2.05) is 38.1 Å². The van der Waals surface area contributed by atoms with Crippen molar-refractivity contribution >= 4 is 23.0 Å². The standard InChI is InChI=1S/C26H31N5O3/c1-17(2)15-31-24(27)23(25(33)29(3)26(31)34)22(32)14-28-20-10-6-7-11-21(20)30-13-12-18-8-4-5-9-19(18)16-30/h4-11,17,28H,12-16,27H2,1-3H3. The third kappa shape index (κ3) is 4.48. The van der Waals surface area contributed by atoms with E-state index in [-0.39, 0.29) is 23.8 Å². The van der Waals surface area contributed by atoms with Gasteiger partial charge in [0.05, 0.1) is 17.9 Å². The molecule has 1 aliphatic heterocycles. The van der Waals surface area contributed by atoms with Crippen LogP contribution in [0, 0.1) is 5.92 Å². The fourth-order valence-electron chi connectivity index (χ4n) is 4.45. The van der Waals surface area contributed by atoms with E-state index in [0.717, 1.165) is 35.5 Å². The third-order valence-corrected chi connectivity index (χ3v) is 6.22. The molecule has 0 amide bonds. The van der Waals surface area contributed by atoms with Crippen LogP contribution in [0.5, 0.6) is 0 Å². The molecular formula is C26H31N5O3. The van der Waals surface area contributed by atoms with E-state index in [4.69, 9.17) is 5.73 Å². The van der Waals surface area contributed by atoms with E-state index in [1.165, 1.54) is 22.7 Å². The SMILES string of the molecule is CC(C)Cn1c(N)c(C(=O)CNc2ccccc2N2CCc3ccccc3C2)c(=O)n(C)c1=O. The lowest BCUT2D eigenvalue weighted by atomic mass is 9.99. The molecule has 178 valence electrons. The molecule has 34 heavy (non-hydrogen) atoms. The zero-order valence-electron chi connectivity index (χ0n) is 19.9. The summed E-state index contributed by atoms with van der Waals surface area (Å²) in [6.45, 7) is 5.76. The van der Waals surface area contributed by atoms with Crippen molar-refractivity contribution in [3.63, 3.8) is 0 Å². The van der Waals surface area contributed by atoms with Crippen molar-refractivity contribution in [2.45, 2.75) is 33.4 Å². The number of ketones is 1. The first-order valence-electron chi connectivity index (χ1n) is 11.5. The molecule has 0 radical (unpaired) electrons. The number of anilines is 3. The van der Waals surface area contributed by atoms with Crippen molar-refractivity contribution in [3.8, 4) is 0 Å². The summed E-state index contributed by atoms with van der Waals surface area (Å²) in [6, 6.07) is 16.2. The molecule has 0 spiro atoms. The van der Waals surface area contributed by atoms with E-state index in [0.29, 0.717) is 6.54 Å². The minimum absolute atomic E-state index is 0.0745. The van der Waals surface area contributed by atoms with Crippen LogP contribution in [0.2, 0.25) is 0 Å². The van der Waals surface area contributed by atoms with Gasteiger partial charge in [0, 0.05) is 26.7 Å². The van der Waals surface area contributed by atoms with E-state index in [9.17, 15) is 14.4 Å². The van der Waals surface area contributed by atoms with Gasteiger partial charge in [0.2, 0.25) is 0 Å². The predicted molar refractivity (Wildman–Crippen MR) is 136 cm³/mol. The summed E-state index contributed by atoms with van der Waals surface area (Å²) in [4.78, 5) is 40.7. The van der Waals surface area contributed by atoms with Crippen molar-refractivity contribution in [2.75, 3.05) is 29.0 Å². The van der Waals surface area contributed by atoms with Gasteiger partial charge in [-0.25, -0.2) is 4.79 Å². The molecule has 4 rings (SSSR count). The van der Waals surface area contributed by atoms with Crippen molar-refractivity contribution in [2.24, 2.45) is 13.0 Å². The Balaban J connectivity index is 1.58. The van der Waals surface area contributed by atoms with Crippen molar-refractivity contribution < 1.29 is 4.79 Å². The maximum atomic E-state index is 13.1. The Morgan fingerprint density at radius 1 is 1.06 bits per heavy atom. The molecule has 1 aromatic heterocycles. The van der Waals surface area contributed by atoms with E-state index >= 15 is 0 Å². The van der Waals surface area contributed by atoms with Crippen LogP contribution in [0.1, 0.15) is 35.3 Å². The number of nitrogens with one attached hydrogen (secondary N) is 1. The molecule has 8 nitrogen and oxygen atoms in total. The molecule has 3 N–H and O–H groups in total. The Bertz CT molecular complexity index is 1340. The molecule has 2 aromatic carbocycles. The topological polar surface area (TPSA) is 102 Å². The highest BCUT2D eigenvalue weighted by atomic mass is 16.2. The summed E-state index contributed by atoms with van der Waals surface area (Å²) in [5, 5.41) is 3.20. The number of fused-ring (bicyclic) bond motifs is 1. The second kappa shape index (κ2) is 9.59. The van der Waals surface area contributed by atoms with Crippen LogP contribution in [0.3, 0.4) is 0 Å². The Morgan fingerprint density at radius 2 is 1.74 bits per heavy atom. The number of hydrogen-bond donors (Lipinski definition) is 2. The largest absolute Gasteiger partial charge is 0.384 e. The van der Waals surface area contributed by atoms with Crippen LogP contribution in [0.4, 0.5) is 17.2 Å². The van der Waals surface area contributed by atoms with Gasteiger partial charge < -0.3 is 16.0 Å².